The van der Waals surface area contributed by atoms with Crippen LogP contribution in [-0.4, -0.2) is 16.6 Å². The molecule has 0 aliphatic carbocycles. The van der Waals surface area contributed by atoms with Crippen LogP contribution in [0.5, 0.6) is 5.88 Å². The Morgan fingerprint density at radius 1 is 1.33 bits per heavy atom. The average molecular weight is 223 g/mol. The van der Waals surface area contributed by atoms with E-state index >= 15 is 0 Å². The van der Waals surface area contributed by atoms with Gasteiger partial charge in [0.15, 0.2) is 0 Å². The van der Waals surface area contributed by atoms with Gasteiger partial charge in [0.2, 0.25) is 5.88 Å². The van der Waals surface area contributed by atoms with Gasteiger partial charge < -0.3 is 9.72 Å². The van der Waals surface area contributed by atoms with Crippen molar-refractivity contribution in [2.75, 3.05) is 6.61 Å². The number of nitrogens with one attached hydrogen (secondary N) is 1. The van der Waals surface area contributed by atoms with Crippen molar-refractivity contribution in [1.82, 2.24) is 9.97 Å². The molecule has 0 atom stereocenters. The predicted molar refractivity (Wildman–Crippen MR) is 60.2 cm³/mol. The summed E-state index contributed by atoms with van der Waals surface area (Å²) in [5, 5.41) is 0.718. The number of H-pyrrole nitrogens is 1. The number of benzene rings is 1. The highest BCUT2D eigenvalue weighted by Gasteiger charge is 2.03. The van der Waals surface area contributed by atoms with Crippen LogP contribution in [0.1, 0.15) is 6.92 Å². The number of hydrogen-bond donors (Lipinski definition) is 1. The number of halogens is 1. The fourth-order valence-corrected chi connectivity index (χ4v) is 1.41. The maximum Gasteiger partial charge on any atom is 0.211 e. The van der Waals surface area contributed by atoms with E-state index in [1.165, 1.54) is 0 Å². The zero-order valence-electron chi connectivity index (χ0n) is 8.33. The molecule has 0 spiro atoms. The molecular formula is C11H11ClN2O. The quantitative estimate of drug-likeness (QED) is 0.867. The van der Waals surface area contributed by atoms with Gasteiger partial charge in [0.1, 0.15) is 5.82 Å². The van der Waals surface area contributed by atoms with Gasteiger partial charge in [-0.25, -0.2) is 4.98 Å². The van der Waals surface area contributed by atoms with Crippen LogP contribution in [0.4, 0.5) is 0 Å². The summed E-state index contributed by atoms with van der Waals surface area (Å²) in [5.74, 6) is 1.47. The van der Waals surface area contributed by atoms with Crippen LogP contribution in [0, 0.1) is 0 Å². The first kappa shape index (κ1) is 10.1. The molecule has 1 heterocycles. The number of imidazole rings is 1. The Balaban J connectivity index is 2.25. The smallest absolute Gasteiger partial charge is 0.211 e. The monoisotopic (exact) mass is 222 g/mol. The van der Waals surface area contributed by atoms with Crippen LogP contribution in [-0.2, 0) is 0 Å². The van der Waals surface area contributed by atoms with Gasteiger partial charge in [-0.1, -0.05) is 11.6 Å². The van der Waals surface area contributed by atoms with E-state index < -0.39 is 0 Å². The highest BCUT2D eigenvalue weighted by Crippen LogP contribution is 2.20. The Bertz CT molecular complexity index is 436. The molecule has 1 N–H and O–H groups in total. The van der Waals surface area contributed by atoms with E-state index in [4.69, 9.17) is 16.3 Å². The third-order valence-electron chi connectivity index (χ3n) is 1.97. The Labute approximate surface area is 93.1 Å². The molecule has 0 radical (unpaired) electrons. The lowest BCUT2D eigenvalue weighted by atomic mass is 10.2. The third-order valence-corrected chi connectivity index (χ3v) is 2.22. The van der Waals surface area contributed by atoms with Gasteiger partial charge in [-0.05, 0) is 31.2 Å². The minimum Gasteiger partial charge on any atom is -0.478 e. The van der Waals surface area contributed by atoms with E-state index in [0.717, 1.165) is 16.4 Å². The van der Waals surface area contributed by atoms with Gasteiger partial charge in [-0.2, -0.15) is 0 Å². The van der Waals surface area contributed by atoms with Crippen molar-refractivity contribution in [2.45, 2.75) is 6.92 Å². The summed E-state index contributed by atoms with van der Waals surface area (Å²) >= 11 is 5.80. The molecule has 2 rings (SSSR count). The van der Waals surface area contributed by atoms with Crippen LogP contribution < -0.4 is 4.74 Å². The standard InChI is InChI=1S/C11H11ClN2O/c1-2-15-10-7-13-11(14-10)8-3-5-9(12)6-4-8/h3-7H,2H2,1H3,(H,13,14). The average Bonchev–Trinajstić information content (AvgIpc) is 2.68. The first-order valence-corrected chi connectivity index (χ1v) is 5.11. The molecule has 3 nitrogen and oxygen atoms in total. The van der Waals surface area contributed by atoms with E-state index in [2.05, 4.69) is 9.97 Å². The molecule has 15 heavy (non-hydrogen) atoms. The van der Waals surface area contributed by atoms with E-state index in [9.17, 15) is 0 Å². The van der Waals surface area contributed by atoms with Crippen LogP contribution in [0.3, 0.4) is 0 Å². The first-order chi connectivity index (χ1) is 7.29. The molecule has 0 aliphatic heterocycles. The van der Waals surface area contributed by atoms with E-state index in [-0.39, 0.29) is 0 Å². The number of aromatic nitrogens is 2. The summed E-state index contributed by atoms with van der Waals surface area (Å²) in [4.78, 5) is 7.28. The summed E-state index contributed by atoms with van der Waals surface area (Å²) in [6.07, 6.45) is 1.67. The maximum atomic E-state index is 5.80. The SMILES string of the molecule is CCOc1cnc(-c2ccc(Cl)cc2)[nH]1. The second-order valence-corrected chi connectivity index (χ2v) is 3.47. The van der Waals surface area contributed by atoms with Crippen molar-refractivity contribution in [3.8, 4) is 17.3 Å². The van der Waals surface area contributed by atoms with Crippen molar-refractivity contribution in [3.05, 3.63) is 35.5 Å². The van der Waals surface area contributed by atoms with Crippen LogP contribution in [0.2, 0.25) is 5.02 Å². The highest BCUT2D eigenvalue weighted by atomic mass is 35.5. The molecule has 0 unspecified atom stereocenters. The third kappa shape index (κ3) is 2.30. The minimum absolute atomic E-state index is 0.627. The van der Waals surface area contributed by atoms with Gasteiger partial charge in [0, 0.05) is 10.6 Å². The molecule has 2 aromatic rings. The lowest BCUT2D eigenvalue weighted by Gasteiger charge is -1.98. The Morgan fingerprint density at radius 2 is 2.07 bits per heavy atom. The zero-order chi connectivity index (χ0) is 10.7. The van der Waals surface area contributed by atoms with Gasteiger partial charge in [0.05, 0.1) is 12.8 Å². The highest BCUT2D eigenvalue weighted by molar-refractivity contribution is 6.30. The van der Waals surface area contributed by atoms with Crippen LogP contribution >= 0.6 is 11.6 Å². The number of hydrogen-bond acceptors (Lipinski definition) is 2. The molecule has 0 aliphatic rings. The second kappa shape index (κ2) is 4.36. The fraction of sp³-hybridized carbons (Fsp3) is 0.182. The largest absolute Gasteiger partial charge is 0.478 e. The summed E-state index contributed by atoms with van der Waals surface area (Å²) in [6, 6.07) is 7.49. The minimum atomic E-state index is 0.627. The molecule has 0 saturated heterocycles. The summed E-state index contributed by atoms with van der Waals surface area (Å²) < 4.78 is 5.29. The van der Waals surface area contributed by atoms with Crippen LogP contribution in [0.15, 0.2) is 30.5 Å². The lowest BCUT2D eigenvalue weighted by Crippen LogP contribution is -1.90. The molecule has 1 aromatic heterocycles. The molecule has 0 bridgehead atoms. The van der Waals surface area contributed by atoms with Gasteiger partial charge in [-0.15, -0.1) is 0 Å². The Morgan fingerprint density at radius 3 is 2.73 bits per heavy atom. The molecule has 0 fully saturated rings. The first-order valence-electron chi connectivity index (χ1n) is 4.73. The predicted octanol–water partition coefficient (Wildman–Crippen LogP) is 3.13. The van der Waals surface area contributed by atoms with Gasteiger partial charge in [-0.3, -0.25) is 0 Å². The van der Waals surface area contributed by atoms with Crippen molar-refractivity contribution in [1.29, 1.82) is 0 Å². The molecule has 78 valence electrons. The van der Waals surface area contributed by atoms with Gasteiger partial charge >= 0.3 is 0 Å². The second-order valence-electron chi connectivity index (χ2n) is 3.04. The number of aromatic amines is 1. The van der Waals surface area contributed by atoms with Crippen molar-refractivity contribution in [3.63, 3.8) is 0 Å². The lowest BCUT2D eigenvalue weighted by molar-refractivity contribution is 0.328. The number of nitrogens with zero attached hydrogens (tertiary/aromatic N) is 1. The zero-order valence-corrected chi connectivity index (χ0v) is 9.08. The molecule has 4 heteroatoms. The summed E-state index contributed by atoms with van der Waals surface area (Å²) in [7, 11) is 0. The number of rotatable bonds is 3. The van der Waals surface area contributed by atoms with E-state index in [1.807, 2.05) is 31.2 Å². The van der Waals surface area contributed by atoms with E-state index in [0.29, 0.717) is 12.5 Å². The van der Waals surface area contributed by atoms with Crippen molar-refractivity contribution >= 4 is 11.6 Å². The number of ether oxygens (including phenoxy) is 1. The van der Waals surface area contributed by atoms with Crippen molar-refractivity contribution in [2.24, 2.45) is 0 Å². The normalized spacial score (nSPS) is 10.3. The maximum absolute atomic E-state index is 5.80. The Hall–Kier alpha value is -1.48. The summed E-state index contributed by atoms with van der Waals surface area (Å²) in [6.45, 7) is 2.56. The summed E-state index contributed by atoms with van der Waals surface area (Å²) in [5.41, 5.74) is 0.991. The van der Waals surface area contributed by atoms with Gasteiger partial charge in [0.25, 0.3) is 0 Å². The molecule has 1 aromatic carbocycles. The van der Waals surface area contributed by atoms with Crippen LogP contribution in [0.25, 0.3) is 11.4 Å². The Kier molecular flexibility index (Phi) is 2.92. The topological polar surface area (TPSA) is 37.9 Å². The molecule has 0 amide bonds. The van der Waals surface area contributed by atoms with E-state index in [1.54, 1.807) is 6.20 Å². The molecular weight excluding hydrogens is 212 g/mol. The van der Waals surface area contributed by atoms with Crippen molar-refractivity contribution < 1.29 is 4.74 Å². The fourth-order valence-electron chi connectivity index (χ4n) is 1.29. The molecule has 0 saturated carbocycles.